The Hall–Kier alpha value is -0.0700. The zero-order valence-electron chi connectivity index (χ0n) is 9.33. The Morgan fingerprint density at radius 1 is 1.44 bits per heavy atom. The highest BCUT2D eigenvalue weighted by Crippen LogP contribution is 2.27. The second kappa shape index (κ2) is 7.50. The third kappa shape index (κ3) is 5.28. The van der Waals surface area contributed by atoms with Crippen LogP contribution in [0.3, 0.4) is 0 Å². The Morgan fingerprint density at radius 2 is 2.17 bits per heavy atom. The second-order valence-electron chi connectivity index (χ2n) is 3.19. The van der Waals surface area contributed by atoms with Gasteiger partial charge in [-0.1, -0.05) is 27.6 Å². The molecule has 9 heteroatoms. The van der Waals surface area contributed by atoms with Gasteiger partial charge in [-0.3, -0.25) is 0 Å². The van der Waals surface area contributed by atoms with E-state index in [1.807, 2.05) is 22.6 Å². The van der Waals surface area contributed by atoms with Crippen LogP contribution in [0, 0.1) is 6.92 Å². The summed E-state index contributed by atoms with van der Waals surface area (Å²) in [5.74, 6) is 0.205. The van der Waals surface area contributed by atoms with Crippen molar-refractivity contribution < 1.29 is 27.2 Å². The van der Waals surface area contributed by atoms with Gasteiger partial charge in [-0.05, 0) is 30.7 Å². The zero-order chi connectivity index (χ0) is 13.6. The summed E-state index contributed by atoms with van der Waals surface area (Å²) in [6, 6.07) is 4.67. The van der Waals surface area contributed by atoms with Crippen molar-refractivity contribution in [2.45, 2.75) is 11.8 Å². The van der Waals surface area contributed by atoms with E-state index in [0.717, 1.165) is 17.6 Å². The Bertz CT molecular complexity index is 490. The van der Waals surface area contributed by atoms with Crippen molar-refractivity contribution >= 4 is 44.8 Å². The Kier molecular flexibility index (Phi) is 6.66. The average molecular weight is 406 g/mol. The van der Waals surface area contributed by atoms with Gasteiger partial charge in [0.25, 0.3) is 0 Å². The highest BCUT2D eigenvalue weighted by atomic mass is 127. The number of rotatable bonds is 7. The normalized spacial score (nSPS) is 11.5. The summed E-state index contributed by atoms with van der Waals surface area (Å²) >= 11 is 2.77. The zero-order valence-corrected chi connectivity index (χ0v) is 13.1. The molecule has 6 nitrogen and oxygen atoms in total. The smallest absolute Gasteiger partial charge is 0.309 e. The lowest BCUT2D eigenvalue weighted by molar-refractivity contribution is -0.432. The molecule has 0 aliphatic carbocycles. The molecule has 0 saturated carbocycles. The van der Waals surface area contributed by atoms with E-state index in [4.69, 9.17) is 9.44 Å². The lowest BCUT2D eigenvalue weighted by Crippen LogP contribution is -2.14. The first-order valence-corrected chi connectivity index (χ1v) is 8.56. The van der Waals surface area contributed by atoms with Crippen molar-refractivity contribution in [2.75, 3.05) is 10.2 Å². The molecule has 0 unspecified atom stereocenters. The van der Waals surface area contributed by atoms with Gasteiger partial charge in [0.2, 0.25) is 0 Å². The Labute approximate surface area is 123 Å². The highest BCUT2D eigenvalue weighted by Gasteiger charge is 2.12. The van der Waals surface area contributed by atoms with Crippen LogP contribution < -0.4 is 4.18 Å². The number of alkyl halides is 1. The van der Waals surface area contributed by atoms with Gasteiger partial charge in [0, 0.05) is 9.32 Å². The molecule has 0 aliphatic heterocycles. The van der Waals surface area contributed by atoms with Crippen molar-refractivity contribution in [3.05, 3.63) is 23.8 Å². The van der Waals surface area contributed by atoms with Crippen molar-refractivity contribution in [1.29, 1.82) is 0 Å². The fourth-order valence-electron chi connectivity index (χ4n) is 1.10. The molecule has 1 aromatic carbocycles. The second-order valence-corrected chi connectivity index (χ2v) is 6.70. The van der Waals surface area contributed by atoms with E-state index in [2.05, 4.69) is 9.37 Å². The Balaban J connectivity index is 2.78. The summed E-state index contributed by atoms with van der Waals surface area (Å²) in [6.45, 7) is 1.75. The van der Waals surface area contributed by atoms with Crippen LogP contribution in [0.2, 0.25) is 0 Å². The van der Waals surface area contributed by atoms with Gasteiger partial charge in [0.15, 0.2) is 0 Å². The maximum Gasteiger partial charge on any atom is 0.309 e. The van der Waals surface area contributed by atoms with Crippen molar-refractivity contribution in [2.24, 2.45) is 0 Å². The molecule has 0 radical (unpaired) electrons. The maximum absolute atomic E-state index is 11.5. The minimum absolute atomic E-state index is 0.0371. The number of aryl methyl sites for hydroxylation is 1. The van der Waals surface area contributed by atoms with Gasteiger partial charge in [0.1, 0.15) is 5.75 Å². The van der Waals surface area contributed by atoms with Gasteiger partial charge in [-0.15, -0.1) is 4.33 Å². The molecule has 0 amide bonds. The highest BCUT2D eigenvalue weighted by molar-refractivity contribution is 14.1. The molecule has 0 spiro atoms. The molecule has 102 valence electrons. The third-order valence-electron chi connectivity index (χ3n) is 1.85. The third-order valence-corrected chi connectivity index (χ3v) is 5.04. The number of hydrogen-bond donors (Lipinski definition) is 1. The van der Waals surface area contributed by atoms with Crippen LogP contribution in [0.15, 0.2) is 23.1 Å². The standard InChI is InChI=1S/C9H11IO6S2/c1-7-6-8(14-18(12,13)5-4-10)2-3-9(7)17-16-15-11/h2-3,6,11H,4-5H2,1H3. The minimum Gasteiger partial charge on any atom is -0.382 e. The molecule has 0 saturated heterocycles. The van der Waals surface area contributed by atoms with Gasteiger partial charge >= 0.3 is 10.1 Å². The van der Waals surface area contributed by atoms with E-state index in [-0.39, 0.29) is 11.5 Å². The first-order chi connectivity index (χ1) is 8.48. The quantitative estimate of drug-likeness (QED) is 0.186. The van der Waals surface area contributed by atoms with Crippen LogP contribution in [-0.4, -0.2) is 23.9 Å². The van der Waals surface area contributed by atoms with Crippen LogP contribution in [-0.2, 0) is 19.5 Å². The predicted octanol–water partition coefficient (Wildman–Crippen LogP) is 2.57. The van der Waals surface area contributed by atoms with Crippen LogP contribution in [0.25, 0.3) is 0 Å². The first kappa shape index (κ1) is 16.0. The van der Waals surface area contributed by atoms with Gasteiger partial charge in [0.05, 0.1) is 17.8 Å². The summed E-state index contributed by atoms with van der Waals surface area (Å²) in [4.78, 5) is 0.669. The van der Waals surface area contributed by atoms with E-state index in [9.17, 15) is 8.42 Å². The molecule has 0 atom stereocenters. The number of benzene rings is 1. The molecule has 0 bridgehead atoms. The fourth-order valence-corrected chi connectivity index (χ4v) is 3.81. The van der Waals surface area contributed by atoms with Crippen molar-refractivity contribution in [3.63, 3.8) is 0 Å². The Morgan fingerprint density at radius 3 is 2.72 bits per heavy atom. The molecule has 0 fully saturated rings. The largest absolute Gasteiger partial charge is 0.382 e. The SMILES string of the molecule is Cc1cc(OS(=O)(=O)CCI)ccc1SOOO. The van der Waals surface area contributed by atoms with E-state index in [1.165, 1.54) is 6.07 Å². The van der Waals surface area contributed by atoms with Crippen molar-refractivity contribution in [3.8, 4) is 5.75 Å². The summed E-state index contributed by atoms with van der Waals surface area (Å²) in [6.07, 6.45) is 0. The summed E-state index contributed by atoms with van der Waals surface area (Å²) in [5.41, 5.74) is 0.735. The van der Waals surface area contributed by atoms with Crippen LogP contribution >= 0.6 is 34.6 Å². The van der Waals surface area contributed by atoms with Crippen LogP contribution in [0.5, 0.6) is 5.75 Å². The number of halogens is 1. The molecule has 0 heterocycles. The van der Waals surface area contributed by atoms with E-state index < -0.39 is 10.1 Å². The topological polar surface area (TPSA) is 82.1 Å². The number of hydrogen-bond acceptors (Lipinski definition) is 7. The monoisotopic (exact) mass is 406 g/mol. The minimum atomic E-state index is -3.54. The molecule has 1 aromatic rings. The maximum atomic E-state index is 11.5. The van der Waals surface area contributed by atoms with Crippen molar-refractivity contribution in [1.82, 2.24) is 0 Å². The summed E-state index contributed by atoms with van der Waals surface area (Å²) < 4.78 is 32.6. The molecule has 0 aliphatic rings. The lowest BCUT2D eigenvalue weighted by atomic mass is 10.2. The molecule has 1 rings (SSSR count). The first-order valence-electron chi connectivity index (χ1n) is 4.72. The molecule has 18 heavy (non-hydrogen) atoms. The van der Waals surface area contributed by atoms with Gasteiger partial charge in [-0.25, -0.2) is 5.26 Å². The fraction of sp³-hybridized carbons (Fsp3) is 0.333. The van der Waals surface area contributed by atoms with E-state index in [0.29, 0.717) is 9.32 Å². The summed E-state index contributed by atoms with van der Waals surface area (Å²) in [7, 11) is -3.54. The lowest BCUT2D eigenvalue weighted by Gasteiger charge is -2.08. The molecule has 1 N–H and O–H groups in total. The molecular formula is C9H11IO6S2. The average Bonchev–Trinajstić information content (AvgIpc) is 2.27. The summed E-state index contributed by atoms with van der Waals surface area (Å²) in [5, 5.41) is 11.5. The predicted molar refractivity (Wildman–Crippen MR) is 75.1 cm³/mol. The van der Waals surface area contributed by atoms with Gasteiger partial charge in [-0.2, -0.15) is 8.42 Å². The molecular weight excluding hydrogens is 395 g/mol. The van der Waals surface area contributed by atoms with E-state index >= 15 is 0 Å². The van der Waals surface area contributed by atoms with Crippen LogP contribution in [0.4, 0.5) is 0 Å². The molecule has 0 aromatic heterocycles. The van der Waals surface area contributed by atoms with Crippen LogP contribution in [0.1, 0.15) is 5.56 Å². The van der Waals surface area contributed by atoms with Gasteiger partial charge < -0.3 is 4.18 Å². The van der Waals surface area contributed by atoms with E-state index in [1.54, 1.807) is 19.1 Å².